The fraction of sp³-hybridized carbons (Fsp3) is 0.167. The number of Topliss-reactive ketones (excluding diaryl/α,β-unsaturated/α-hetero) is 1. The first-order valence-corrected chi connectivity index (χ1v) is 6.75. The molecule has 1 aliphatic carbocycles. The van der Waals surface area contributed by atoms with Crippen LogP contribution in [0.2, 0.25) is 0 Å². The first-order chi connectivity index (χ1) is 9.68. The molecule has 0 radical (unpaired) electrons. The highest BCUT2D eigenvalue weighted by Crippen LogP contribution is 2.41. The number of hydrogen-bond acceptors (Lipinski definition) is 2. The van der Waals surface area contributed by atoms with Gasteiger partial charge in [-0.1, -0.05) is 54.6 Å². The topological polar surface area (TPSA) is 20.3 Å². The molecule has 1 atom stereocenters. The van der Waals surface area contributed by atoms with Crippen LogP contribution in [0.3, 0.4) is 0 Å². The molecule has 0 spiro atoms. The summed E-state index contributed by atoms with van der Waals surface area (Å²) in [6.07, 6.45) is 1.94. The zero-order valence-electron chi connectivity index (χ0n) is 11.7. The number of carbonyl (C=O) groups is 1. The lowest BCUT2D eigenvalue weighted by atomic mass is 9.90. The van der Waals surface area contributed by atoms with Crippen molar-refractivity contribution in [1.82, 2.24) is 4.90 Å². The van der Waals surface area contributed by atoms with Crippen LogP contribution >= 0.6 is 0 Å². The van der Waals surface area contributed by atoms with Crippen LogP contribution in [0.4, 0.5) is 0 Å². The summed E-state index contributed by atoms with van der Waals surface area (Å²) in [6.45, 7) is 0. The second kappa shape index (κ2) is 4.97. The van der Waals surface area contributed by atoms with Crippen molar-refractivity contribution in [2.75, 3.05) is 14.1 Å². The molecular weight excluding hydrogens is 246 g/mol. The molecule has 0 saturated heterocycles. The first kappa shape index (κ1) is 12.7. The van der Waals surface area contributed by atoms with Gasteiger partial charge in [-0.3, -0.25) is 4.79 Å². The highest BCUT2D eigenvalue weighted by Gasteiger charge is 2.35. The Bertz CT molecular complexity index is 671. The van der Waals surface area contributed by atoms with Crippen LogP contribution in [-0.4, -0.2) is 24.8 Å². The molecule has 100 valence electrons. The van der Waals surface area contributed by atoms with Crippen LogP contribution in [0, 0.1) is 0 Å². The summed E-state index contributed by atoms with van der Waals surface area (Å²) in [5.74, 6) is 0.186. The lowest BCUT2D eigenvalue weighted by Crippen LogP contribution is -2.09. The second-order valence-corrected chi connectivity index (χ2v) is 5.31. The molecule has 0 aromatic heterocycles. The van der Waals surface area contributed by atoms with E-state index >= 15 is 0 Å². The lowest BCUT2D eigenvalue weighted by molar-refractivity contribution is 0.103. The van der Waals surface area contributed by atoms with Gasteiger partial charge in [-0.2, -0.15) is 0 Å². The van der Waals surface area contributed by atoms with Gasteiger partial charge in [0.2, 0.25) is 0 Å². The molecule has 0 aliphatic heterocycles. The van der Waals surface area contributed by atoms with E-state index in [-0.39, 0.29) is 11.7 Å². The molecule has 2 heteroatoms. The van der Waals surface area contributed by atoms with Crippen molar-refractivity contribution in [1.29, 1.82) is 0 Å². The summed E-state index contributed by atoms with van der Waals surface area (Å²) in [5.41, 5.74) is 3.95. The van der Waals surface area contributed by atoms with E-state index in [4.69, 9.17) is 0 Å². The van der Waals surface area contributed by atoms with E-state index in [0.717, 1.165) is 16.7 Å². The predicted molar refractivity (Wildman–Crippen MR) is 80.8 cm³/mol. The maximum absolute atomic E-state index is 12.6. The average Bonchev–Trinajstić information content (AvgIpc) is 2.73. The van der Waals surface area contributed by atoms with Gasteiger partial charge in [0, 0.05) is 37.3 Å². The minimum absolute atomic E-state index is 0.0438. The van der Waals surface area contributed by atoms with Crippen molar-refractivity contribution < 1.29 is 4.79 Å². The molecular formula is C18H17NO. The minimum Gasteiger partial charge on any atom is -0.383 e. The molecule has 0 saturated carbocycles. The number of nitrogens with zero attached hydrogens (tertiary/aromatic N) is 1. The van der Waals surface area contributed by atoms with Crippen molar-refractivity contribution in [2.45, 2.75) is 5.92 Å². The van der Waals surface area contributed by atoms with Gasteiger partial charge in [-0.05, 0) is 11.1 Å². The predicted octanol–water partition coefficient (Wildman–Crippen LogP) is 3.46. The molecule has 2 aromatic rings. The van der Waals surface area contributed by atoms with E-state index in [1.807, 2.05) is 61.6 Å². The van der Waals surface area contributed by atoms with Gasteiger partial charge in [0.05, 0.1) is 0 Å². The van der Waals surface area contributed by atoms with Crippen molar-refractivity contribution >= 4 is 5.78 Å². The Kier molecular flexibility index (Phi) is 3.15. The van der Waals surface area contributed by atoms with Gasteiger partial charge in [0.25, 0.3) is 0 Å². The Labute approximate surface area is 119 Å². The van der Waals surface area contributed by atoms with Gasteiger partial charge in [0.1, 0.15) is 0 Å². The van der Waals surface area contributed by atoms with E-state index in [1.54, 1.807) is 0 Å². The maximum atomic E-state index is 12.6. The number of fused-ring (bicyclic) bond motifs is 1. The molecule has 3 rings (SSSR count). The third kappa shape index (κ3) is 2.03. The SMILES string of the molecule is CN(C)/C=C1\C(=O)c2ccccc2[C@@H]1c1ccccc1. The Balaban J connectivity index is 2.20. The normalized spacial score (nSPS) is 19.2. The van der Waals surface area contributed by atoms with Crippen LogP contribution < -0.4 is 0 Å². The van der Waals surface area contributed by atoms with E-state index in [0.29, 0.717) is 0 Å². The highest BCUT2D eigenvalue weighted by molar-refractivity contribution is 6.14. The maximum Gasteiger partial charge on any atom is 0.191 e. The summed E-state index contributed by atoms with van der Waals surface area (Å²) in [4.78, 5) is 14.6. The quantitative estimate of drug-likeness (QED) is 0.773. The van der Waals surface area contributed by atoms with Crippen molar-refractivity contribution in [3.63, 3.8) is 0 Å². The fourth-order valence-electron chi connectivity index (χ4n) is 2.83. The first-order valence-electron chi connectivity index (χ1n) is 6.75. The molecule has 0 N–H and O–H groups in total. The average molecular weight is 263 g/mol. The zero-order chi connectivity index (χ0) is 14.1. The molecule has 0 amide bonds. The number of rotatable bonds is 2. The van der Waals surface area contributed by atoms with Crippen molar-refractivity contribution in [3.05, 3.63) is 83.1 Å². The molecule has 1 aliphatic rings. The molecule has 2 aromatic carbocycles. The molecule has 2 nitrogen and oxygen atoms in total. The number of hydrogen-bond donors (Lipinski definition) is 0. The van der Waals surface area contributed by atoms with Crippen LogP contribution in [0.1, 0.15) is 27.4 Å². The summed E-state index contributed by atoms with van der Waals surface area (Å²) in [5, 5.41) is 0. The number of ketones is 1. The second-order valence-electron chi connectivity index (χ2n) is 5.31. The monoisotopic (exact) mass is 263 g/mol. The van der Waals surface area contributed by atoms with Crippen LogP contribution in [-0.2, 0) is 0 Å². The molecule has 0 unspecified atom stereocenters. The summed E-state index contributed by atoms with van der Waals surface area (Å²) in [6, 6.07) is 18.1. The van der Waals surface area contributed by atoms with E-state index < -0.39 is 0 Å². The van der Waals surface area contributed by atoms with Gasteiger partial charge in [0.15, 0.2) is 5.78 Å². The fourth-order valence-corrected chi connectivity index (χ4v) is 2.83. The standard InChI is InChI=1S/C18H17NO/c1-19(2)12-16-17(13-8-4-3-5-9-13)14-10-6-7-11-15(14)18(16)20/h3-12,17H,1-2H3/b16-12-/t17-/m0/s1. The van der Waals surface area contributed by atoms with Crippen molar-refractivity contribution in [3.8, 4) is 0 Å². The van der Waals surface area contributed by atoms with Crippen LogP contribution in [0.25, 0.3) is 0 Å². The van der Waals surface area contributed by atoms with E-state index in [1.165, 1.54) is 5.56 Å². The molecule has 0 heterocycles. The van der Waals surface area contributed by atoms with Crippen LogP contribution in [0.5, 0.6) is 0 Å². The number of carbonyl (C=O) groups excluding carboxylic acids is 1. The van der Waals surface area contributed by atoms with Crippen molar-refractivity contribution in [2.24, 2.45) is 0 Å². The summed E-state index contributed by atoms with van der Waals surface area (Å²) >= 11 is 0. The summed E-state index contributed by atoms with van der Waals surface area (Å²) < 4.78 is 0. The summed E-state index contributed by atoms with van der Waals surface area (Å²) in [7, 11) is 3.90. The van der Waals surface area contributed by atoms with Gasteiger partial charge >= 0.3 is 0 Å². The Morgan fingerprint density at radius 2 is 1.60 bits per heavy atom. The number of allylic oxidation sites excluding steroid dienone is 1. The van der Waals surface area contributed by atoms with E-state index in [2.05, 4.69) is 18.2 Å². The lowest BCUT2D eigenvalue weighted by Gasteiger charge is -2.15. The largest absolute Gasteiger partial charge is 0.383 e. The Hall–Kier alpha value is -2.35. The Morgan fingerprint density at radius 1 is 0.950 bits per heavy atom. The smallest absolute Gasteiger partial charge is 0.191 e. The van der Waals surface area contributed by atoms with Gasteiger partial charge < -0.3 is 4.90 Å². The van der Waals surface area contributed by atoms with Gasteiger partial charge in [-0.25, -0.2) is 0 Å². The number of benzene rings is 2. The molecule has 20 heavy (non-hydrogen) atoms. The van der Waals surface area contributed by atoms with Gasteiger partial charge in [-0.15, -0.1) is 0 Å². The molecule has 0 fully saturated rings. The van der Waals surface area contributed by atoms with E-state index in [9.17, 15) is 4.79 Å². The highest BCUT2D eigenvalue weighted by atomic mass is 16.1. The third-order valence-electron chi connectivity index (χ3n) is 3.62. The third-order valence-corrected chi connectivity index (χ3v) is 3.62. The minimum atomic E-state index is 0.0438. The molecule has 0 bridgehead atoms. The van der Waals surface area contributed by atoms with Crippen LogP contribution in [0.15, 0.2) is 66.4 Å². The zero-order valence-corrected chi connectivity index (χ0v) is 11.7. The Morgan fingerprint density at radius 3 is 2.30 bits per heavy atom.